The molecule has 112 valence electrons. The summed E-state index contributed by atoms with van der Waals surface area (Å²) in [5.41, 5.74) is 0.419. The Kier molecular flexibility index (Phi) is 5.67. The van der Waals surface area contributed by atoms with Gasteiger partial charge in [-0.2, -0.15) is 0 Å². The van der Waals surface area contributed by atoms with Gasteiger partial charge in [-0.15, -0.1) is 0 Å². The number of ether oxygens (including phenoxy) is 1. The molecule has 2 rings (SSSR count). The lowest BCUT2D eigenvalue weighted by Gasteiger charge is -2.35. The molecule has 0 aromatic rings. The molecule has 1 aliphatic heterocycles. The van der Waals surface area contributed by atoms with E-state index in [-0.39, 0.29) is 0 Å². The van der Waals surface area contributed by atoms with Crippen LogP contribution < -0.4 is 5.32 Å². The molecule has 0 aromatic heterocycles. The first kappa shape index (κ1) is 15.3. The van der Waals surface area contributed by atoms with Crippen LogP contribution in [0, 0.1) is 5.92 Å². The lowest BCUT2D eigenvalue weighted by Crippen LogP contribution is -2.50. The molecule has 0 aromatic carbocycles. The van der Waals surface area contributed by atoms with Crippen molar-refractivity contribution in [3.8, 4) is 0 Å². The monoisotopic (exact) mass is 268 g/mol. The number of hydrogen-bond donors (Lipinski definition) is 1. The quantitative estimate of drug-likeness (QED) is 0.776. The van der Waals surface area contributed by atoms with Crippen molar-refractivity contribution in [2.24, 2.45) is 5.92 Å². The van der Waals surface area contributed by atoms with E-state index < -0.39 is 0 Å². The zero-order valence-corrected chi connectivity index (χ0v) is 13.1. The lowest BCUT2D eigenvalue weighted by atomic mass is 9.97. The number of rotatable bonds is 5. The minimum Gasteiger partial charge on any atom is -0.380 e. The number of nitrogens with zero attached hydrogens (tertiary/aromatic N) is 1. The van der Waals surface area contributed by atoms with Gasteiger partial charge in [0, 0.05) is 31.3 Å². The average Bonchev–Trinajstić information content (AvgIpc) is 2.74. The first-order valence-corrected chi connectivity index (χ1v) is 8.18. The maximum atomic E-state index is 5.78. The highest BCUT2D eigenvalue weighted by atomic mass is 16.5. The zero-order valence-electron chi connectivity index (χ0n) is 13.1. The van der Waals surface area contributed by atoms with Crippen LogP contribution in [0.2, 0.25) is 0 Å². The van der Waals surface area contributed by atoms with Gasteiger partial charge >= 0.3 is 0 Å². The average molecular weight is 268 g/mol. The molecule has 2 aliphatic rings. The Morgan fingerprint density at radius 3 is 2.74 bits per heavy atom. The predicted molar refractivity (Wildman–Crippen MR) is 80.5 cm³/mol. The van der Waals surface area contributed by atoms with Gasteiger partial charge in [0.15, 0.2) is 0 Å². The third kappa shape index (κ3) is 4.44. The van der Waals surface area contributed by atoms with Crippen LogP contribution in [0.5, 0.6) is 0 Å². The summed E-state index contributed by atoms with van der Waals surface area (Å²) in [5.74, 6) is 0.643. The molecule has 19 heavy (non-hydrogen) atoms. The van der Waals surface area contributed by atoms with Crippen molar-refractivity contribution in [3.05, 3.63) is 0 Å². The van der Waals surface area contributed by atoms with Gasteiger partial charge in [-0.1, -0.05) is 26.7 Å². The first-order chi connectivity index (χ1) is 9.11. The van der Waals surface area contributed by atoms with Gasteiger partial charge in [-0.25, -0.2) is 0 Å². The van der Waals surface area contributed by atoms with Gasteiger partial charge in [-0.05, 0) is 38.6 Å². The summed E-state index contributed by atoms with van der Waals surface area (Å²) in [6, 6.07) is 0.690. The van der Waals surface area contributed by atoms with E-state index in [0.29, 0.717) is 17.5 Å². The summed E-state index contributed by atoms with van der Waals surface area (Å²) in [6.07, 6.45) is 6.80. The third-order valence-corrected chi connectivity index (χ3v) is 4.73. The fraction of sp³-hybridized carbons (Fsp3) is 1.00. The SMILES string of the molecule is CC(C)COCCN1CC2(CCCC2)NCCC1C. The van der Waals surface area contributed by atoms with Gasteiger partial charge in [-0.3, -0.25) is 4.90 Å². The number of nitrogens with one attached hydrogen (secondary N) is 1. The smallest absolute Gasteiger partial charge is 0.0593 e. The summed E-state index contributed by atoms with van der Waals surface area (Å²) in [4.78, 5) is 2.66. The van der Waals surface area contributed by atoms with E-state index in [2.05, 4.69) is 31.0 Å². The molecular weight excluding hydrogens is 236 g/mol. The normalized spacial score (nSPS) is 28.1. The molecular formula is C16H32N2O. The molecule has 1 saturated carbocycles. The van der Waals surface area contributed by atoms with Crippen LogP contribution in [0.25, 0.3) is 0 Å². The molecule has 2 fully saturated rings. The van der Waals surface area contributed by atoms with Crippen molar-refractivity contribution in [1.82, 2.24) is 10.2 Å². The Bertz CT molecular complexity index is 261. The van der Waals surface area contributed by atoms with E-state index in [1.807, 2.05) is 0 Å². The standard InChI is InChI=1S/C16H32N2O/c1-14(2)12-19-11-10-18-13-16(7-4-5-8-16)17-9-6-15(18)3/h14-15,17H,4-13H2,1-3H3. The molecule has 0 bridgehead atoms. The summed E-state index contributed by atoms with van der Waals surface area (Å²) in [7, 11) is 0. The second-order valence-corrected chi connectivity index (χ2v) is 6.99. The Morgan fingerprint density at radius 1 is 1.32 bits per heavy atom. The summed E-state index contributed by atoms with van der Waals surface area (Å²) in [5, 5.41) is 3.84. The van der Waals surface area contributed by atoms with Gasteiger partial charge in [0.1, 0.15) is 0 Å². The van der Waals surface area contributed by atoms with Crippen molar-refractivity contribution in [2.75, 3.05) is 32.8 Å². The van der Waals surface area contributed by atoms with Gasteiger partial charge in [0.05, 0.1) is 6.61 Å². The fourth-order valence-electron chi connectivity index (χ4n) is 3.52. The molecule has 0 radical (unpaired) electrons. The Hall–Kier alpha value is -0.120. The molecule has 1 heterocycles. The summed E-state index contributed by atoms with van der Waals surface area (Å²) in [6.45, 7) is 12.1. The minimum atomic E-state index is 0.419. The topological polar surface area (TPSA) is 24.5 Å². The van der Waals surface area contributed by atoms with E-state index in [9.17, 15) is 0 Å². The highest BCUT2D eigenvalue weighted by molar-refractivity contribution is 4.98. The van der Waals surface area contributed by atoms with E-state index in [0.717, 1.165) is 19.8 Å². The lowest BCUT2D eigenvalue weighted by molar-refractivity contribution is 0.0674. The van der Waals surface area contributed by atoms with Gasteiger partial charge < -0.3 is 10.1 Å². The summed E-state index contributed by atoms with van der Waals surface area (Å²) >= 11 is 0. The highest BCUT2D eigenvalue weighted by Gasteiger charge is 2.37. The number of hydrogen-bond acceptors (Lipinski definition) is 3. The van der Waals surface area contributed by atoms with E-state index >= 15 is 0 Å². The molecule has 1 spiro atoms. The molecule has 0 amide bonds. The highest BCUT2D eigenvalue weighted by Crippen LogP contribution is 2.32. The zero-order chi connectivity index (χ0) is 13.7. The Morgan fingerprint density at radius 2 is 2.05 bits per heavy atom. The van der Waals surface area contributed by atoms with Crippen molar-refractivity contribution < 1.29 is 4.74 Å². The minimum absolute atomic E-state index is 0.419. The van der Waals surface area contributed by atoms with Crippen molar-refractivity contribution in [2.45, 2.75) is 64.5 Å². The van der Waals surface area contributed by atoms with Crippen LogP contribution in [-0.2, 0) is 4.74 Å². The molecule has 1 N–H and O–H groups in total. The van der Waals surface area contributed by atoms with E-state index in [4.69, 9.17) is 4.74 Å². The Labute approximate surface area is 119 Å². The Balaban J connectivity index is 1.82. The third-order valence-electron chi connectivity index (χ3n) is 4.73. The molecule has 1 saturated heterocycles. The van der Waals surface area contributed by atoms with Crippen LogP contribution in [0.3, 0.4) is 0 Å². The summed E-state index contributed by atoms with van der Waals surface area (Å²) < 4.78 is 5.78. The van der Waals surface area contributed by atoms with Crippen LogP contribution in [0.15, 0.2) is 0 Å². The van der Waals surface area contributed by atoms with Crippen molar-refractivity contribution >= 4 is 0 Å². The maximum absolute atomic E-state index is 5.78. The van der Waals surface area contributed by atoms with Crippen LogP contribution >= 0.6 is 0 Å². The largest absolute Gasteiger partial charge is 0.380 e. The molecule has 3 heteroatoms. The van der Waals surface area contributed by atoms with Gasteiger partial charge in [0.2, 0.25) is 0 Å². The van der Waals surface area contributed by atoms with Crippen LogP contribution in [-0.4, -0.2) is 49.3 Å². The second-order valence-electron chi connectivity index (χ2n) is 6.99. The molecule has 1 aliphatic carbocycles. The predicted octanol–water partition coefficient (Wildman–Crippen LogP) is 2.66. The van der Waals surface area contributed by atoms with Gasteiger partial charge in [0.25, 0.3) is 0 Å². The van der Waals surface area contributed by atoms with E-state index in [1.54, 1.807) is 0 Å². The first-order valence-electron chi connectivity index (χ1n) is 8.18. The maximum Gasteiger partial charge on any atom is 0.0593 e. The molecule has 3 nitrogen and oxygen atoms in total. The molecule has 1 unspecified atom stereocenters. The molecule has 1 atom stereocenters. The van der Waals surface area contributed by atoms with E-state index in [1.165, 1.54) is 45.2 Å². The second kappa shape index (κ2) is 7.05. The van der Waals surface area contributed by atoms with Crippen molar-refractivity contribution in [3.63, 3.8) is 0 Å². The van der Waals surface area contributed by atoms with Crippen molar-refractivity contribution in [1.29, 1.82) is 0 Å². The van der Waals surface area contributed by atoms with Crippen LogP contribution in [0.1, 0.15) is 52.9 Å². The fourth-order valence-corrected chi connectivity index (χ4v) is 3.52. The van der Waals surface area contributed by atoms with Crippen LogP contribution in [0.4, 0.5) is 0 Å².